The summed E-state index contributed by atoms with van der Waals surface area (Å²) in [4.78, 5) is 21.0. The van der Waals surface area contributed by atoms with Crippen LogP contribution in [-0.4, -0.2) is 65.4 Å². The molecule has 2 fully saturated rings. The van der Waals surface area contributed by atoms with Crippen molar-refractivity contribution in [3.63, 3.8) is 0 Å². The molecule has 0 saturated carbocycles. The van der Waals surface area contributed by atoms with Crippen molar-refractivity contribution in [2.24, 2.45) is 0 Å². The fraction of sp³-hybridized carbons (Fsp3) is 0.375. The lowest BCUT2D eigenvalue weighted by atomic mass is 10.1. The van der Waals surface area contributed by atoms with E-state index in [-0.39, 0.29) is 6.04 Å². The largest absolute Gasteiger partial charge is 0.491 e. The molecule has 0 amide bonds. The Labute approximate surface area is 186 Å². The molecule has 0 aliphatic carbocycles. The van der Waals surface area contributed by atoms with Gasteiger partial charge in [-0.1, -0.05) is 18.2 Å². The number of ether oxygens (including phenoxy) is 2. The fourth-order valence-electron chi connectivity index (χ4n) is 4.81. The molecular weight excluding hydrogens is 404 g/mol. The minimum absolute atomic E-state index is 0.252. The predicted molar refractivity (Wildman–Crippen MR) is 125 cm³/mol. The van der Waals surface area contributed by atoms with E-state index in [1.807, 2.05) is 0 Å². The number of imidazole rings is 1. The maximum Gasteiger partial charge on any atom is 0.162 e. The van der Waals surface area contributed by atoms with Gasteiger partial charge in [-0.15, -0.1) is 0 Å². The summed E-state index contributed by atoms with van der Waals surface area (Å²) in [6, 6.07) is 13.2. The average molecular weight is 431 g/mol. The molecule has 8 heteroatoms. The standard InChI is InChI=1S/C24H26N6O2/c1-3-17-6-7-18(29-9-11-31-12-10-29)13-20(17)21(5-1)32-14-19-4-2-8-30(19)24-22-23(26-15-25-22)27-16-28-24/h1,3,5-7,13,15-16,19H,2,4,8-12,14H2,(H,25,26,27,28)/t19-/m1/s1. The van der Waals surface area contributed by atoms with Crippen molar-refractivity contribution in [1.29, 1.82) is 0 Å². The third kappa shape index (κ3) is 3.50. The molecule has 1 atom stereocenters. The van der Waals surface area contributed by atoms with Gasteiger partial charge in [-0.2, -0.15) is 0 Å². The van der Waals surface area contributed by atoms with Gasteiger partial charge in [0.05, 0.1) is 25.6 Å². The molecule has 4 aromatic rings. The molecule has 2 aromatic heterocycles. The molecule has 164 valence electrons. The maximum atomic E-state index is 6.43. The molecule has 2 saturated heterocycles. The highest BCUT2D eigenvalue weighted by Crippen LogP contribution is 2.32. The topological polar surface area (TPSA) is 79.4 Å². The van der Waals surface area contributed by atoms with Crippen LogP contribution in [0.3, 0.4) is 0 Å². The van der Waals surface area contributed by atoms with Crippen LogP contribution in [0.25, 0.3) is 21.9 Å². The van der Waals surface area contributed by atoms with E-state index in [2.05, 4.69) is 66.1 Å². The first-order valence-corrected chi connectivity index (χ1v) is 11.3. The number of H-pyrrole nitrogens is 1. The number of rotatable bonds is 5. The molecule has 0 spiro atoms. The zero-order valence-corrected chi connectivity index (χ0v) is 17.9. The van der Waals surface area contributed by atoms with E-state index >= 15 is 0 Å². The highest BCUT2D eigenvalue weighted by Gasteiger charge is 2.28. The Bertz CT molecular complexity index is 1240. The minimum atomic E-state index is 0.252. The normalized spacial score (nSPS) is 19.2. The molecule has 0 radical (unpaired) electrons. The van der Waals surface area contributed by atoms with Gasteiger partial charge in [0.25, 0.3) is 0 Å². The van der Waals surface area contributed by atoms with Gasteiger partial charge in [0.1, 0.15) is 24.2 Å². The van der Waals surface area contributed by atoms with Crippen molar-refractivity contribution in [3.05, 3.63) is 49.1 Å². The first-order chi connectivity index (χ1) is 15.9. The minimum Gasteiger partial charge on any atom is -0.491 e. The number of aromatic amines is 1. The van der Waals surface area contributed by atoms with Crippen LogP contribution in [0, 0.1) is 0 Å². The van der Waals surface area contributed by atoms with Crippen molar-refractivity contribution in [2.75, 3.05) is 49.3 Å². The fourth-order valence-corrected chi connectivity index (χ4v) is 4.81. The lowest BCUT2D eigenvalue weighted by molar-refractivity contribution is 0.122. The number of anilines is 2. The SMILES string of the molecule is c1cc(OC[C@H]2CCCN2c2ncnc3[nH]cnc23)c2cc(N3CCOCC3)ccc2c1. The molecule has 0 bridgehead atoms. The number of nitrogens with one attached hydrogen (secondary N) is 1. The molecule has 2 aromatic carbocycles. The maximum absolute atomic E-state index is 6.43. The second kappa shape index (κ2) is 8.27. The van der Waals surface area contributed by atoms with Crippen LogP contribution in [0.4, 0.5) is 11.5 Å². The van der Waals surface area contributed by atoms with Crippen molar-refractivity contribution in [3.8, 4) is 5.75 Å². The lowest BCUT2D eigenvalue weighted by Crippen LogP contribution is -2.36. The van der Waals surface area contributed by atoms with Crippen LogP contribution in [0.1, 0.15) is 12.8 Å². The van der Waals surface area contributed by atoms with E-state index in [1.54, 1.807) is 12.7 Å². The highest BCUT2D eigenvalue weighted by molar-refractivity contribution is 5.91. The van der Waals surface area contributed by atoms with Gasteiger partial charge >= 0.3 is 0 Å². The number of hydrogen-bond donors (Lipinski definition) is 1. The van der Waals surface area contributed by atoms with Crippen LogP contribution < -0.4 is 14.5 Å². The summed E-state index contributed by atoms with van der Waals surface area (Å²) in [7, 11) is 0. The van der Waals surface area contributed by atoms with E-state index < -0.39 is 0 Å². The number of hydrogen-bond acceptors (Lipinski definition) is 7. The molecule has 32 heavy (non-hydrogen) atoms. The molecule has 0 unspecified atom stereocenters. The quantitative estimate of drug-likeness (QED) is 0.520. The first-order valence-electron chi connectivity index (χ1n) is 11.3. The van der Waals surface area contributed by atoms with Gasteiger partial charge in [0, 0.05) is 30.7 Å². The molecular formula is C24H26N6O2. The Morgan fingerprint density at radius 1 is 1.06 bits per heavy atom. The van der Waals surface area contributed by atoms with Gasteiger partial charge in [-0.05, 0) is 36.4 Å². The Kier molecular flexibility index (Phi) is 4.99. The summed E-state index contributed by atoms with van der Waals surface area (Å²) in [6.45, 7) is 4.96. The van der Waals surface area contributed by atoms with Crippen LogP contribution in [0.2, 0.25) is 0 Å². The summed E-state index contributed by atoms with van der Waals surface area (Å²) in [6.07, 6.45) is 5.46. The summed E-state index contributed by atoms with van der Waals surface area (Å²) < 4.78 is 11.9. The predicted octanol–water partition coefficient (Wildman–Crippen LogP) is 3.39. The number of fused-ring (bicyclic) bond motifs is 2. The summed E-state index contributed by atoms with van der Waals surface area (Å²) in [5.41, 5.74) is 2.81. The van der Waals surface area contributed by atoms with Crippen LogP contribution >= 0.6 is 0 Å². The molecule has 8 nitrogen and oxygen atoms in total. The molecule has 6 rings (SSSR count). The Morgan fingerprint density at radius 3 is 2.94 bits per heavy atom. The third-order valence-electron chi connectivity index (χ3n) is 6.48. The van der Waals surface area contributed by atoms with E-state index in [0.29, 0.717) is 6.61 Å². The van der Waals surface area contributed by atoms with E-state index in [0.717, 1.165) is 73.8 Å². The Hall–Kier alpha value is -3.39. The van der Waals surface area contributed by atoms with Crippen molar-refractivity contribution in [1.82, 2.24) is 19.9 Å². The Balaban J connectivity index is 1.25. The van der Waals surface area contributed by atoms with Crippen molar-refractivity contribution >= 4 is 33.4 Å². The monoisotopic (exact) mass is 430 g/mol. The number of nitrogens with zero attached hydrogens (tertiary/aromatic N) is 5. The average Bonchev–Trinajstić information content (AvgIpc) is 3.52. The van der Waals surface area contributed by atoms with E-state index in [1.165, 1.54) is 11.1 Å². The third-order valence-corrected chi connectivity index (χ3v) is 6.48. The summed E-state index contributed by atoms with van der Waals surface area (Å²) in [5, 5.41) is 2.34. The molecule has 2 aliphatic rings. The second-order valence-corrected chi connectivity index (χ2v) is 8.36. The van der Waals surface area contributed by atoms with Gasteiger partial charge in [0.2, 0.25) is 0 Å². The number of benzene rings is 2. The smallest absolute Gasteiger partial charge is 0.162 e. The van der Waals surface area contributed by atoms with E-state index in [4.69, 9.17) is 9.47 Å². The van der Waals surface area contributed by atoms with Crippen LogP contribution in [-0.2, 0) is 4.74 Å². The second-order valence-electron chi connectivity index (χ2n) is 8.36. The summed E-state index contributed by atoms with van der Waals surface area (Å²) >= 11 is 0. The number of morpholine rings is 1. The molecule has 1 N–H and O–H groups in total. The molecule has 4 heterocycles. The van der Waals surface area contributed by atoms with Gasteiger partial charge < -0.3 is 24.3 Å². The van der Waals surface area contributed by atoms with E-state index in [9.17, 15) is 0 Å². The van der Waals surface area contributed by atoms with Crippen LogP contribution in [0.15, 0.2) is 49.1 Å². The van der Waals surface area contributed by atoms with Crippen LogP contribution in [0.5, 0.6) is 5.75 Å². The lowest BCUT2D eigenvalue weighted by Gasteiger charge is -2.29. The van der Waals surface area contributed by atoms with Gasteiger partial charge in [-0.3, -0.25) is 0 Å². The van der Waals surface area contributed by atoms with Gasteiger partial charge in [-0.25, -0.2) is 15.0 Å². The Morgan fingerprint density at radius 2 is 2.00 bits per heavy atom. The van der Waals surface area contributed by atoms with Crippen molar-refractivity contribution < 1.29 is 9.47 Å². The zero-order valence-electron chi connectivity index (χ0n) is 17.9. The van der Waals surface area contributed by atoms with Gasteiger partial charge in [0.15, 0.2) is 11.5 Å². The summed E-state index contributed by atoms with van der Waals surface area (Å²) in [5.74, 6) is 1.81. The first kappa shape index (κ1) is 19.3. The zero-order chi connectivity index (χ0) is 21.3. The molecule has 2 aliphatic heterocycles. The van der Waals surface area contributed by atoms with Crippen molar-refractivity contribution in [2.45, 2.75) is 18.9 Å². The highest BCUT2D eigenvalue weighted by atomic mass is 16.5. The number of aromatic nitrogens is 4.